The van der Waals surface area contributed by atoms with Crippen molar-refractivity contribution in [2.75, 3.05) is 68.8 Å². The molecule has 604 valence electrons. The molecule has 9 aromatic rings. The van der Waals surface area contributed by atoms with E-state index in [1.807, 2.05) is 6.07 Å². The molecule has 8 aromatic heterocycles. The van der Waals surface area contributed by atoms with E-state index in [0.29, 0.717) is 27.6 Å². The molecule has 0 spiro atoms. The number of nitriles is 1. The van der Waals surface area contributed by atoms with Gasteiger partial charge in [-0.15, -0.1) is 0 Å². The first-order valence-corrected chi connectivity index (χ1v) is 41.3. The maximum absolute atomic E-state index is 14.4. The van der Waals surface area contributed by atoms with Gasteiger partial charge in [-0.3, -0.25) is 66.2 Å². The van der Waals surface area contributed by atoms with E-state index in [0.717, 1.165) is 0 Å². The number of nitrogen functional groups attached to an aromatic ring is 2. The van der Waals surface area contributed by atoms with Crippen LogP contribution in [0.15, 0.2) is 89.8 Å². The van der Waals surface area contributed by atoms with Crippen LogP contribution in [0.25, 0.3) is 44.4 Å². The average molecular weight is 1670 g/mol. The third kappa shape index (κ3) is 20.0. The van der Waals surface area contributed by atoms with Crippen LogP contribution in [-0.2, 0) is 97.2 Å². The number of hydrogen-bond donors (Lipinski definition) is 14. The zero-order valence-corrected chi connectivity index (χ0v) is 64.8. The van der Waals surface area contributed by atoms with Gasteiger partial charge in [0, 0.05) is 56.2 Å². The number of nitrogens with one attached hydrogen (secondary N) is 4. The molecule has 23 N–H and O–H groups in total. The Morgan fingerprint density at radius 3 is 1.74 bits per heavy atom. The second-order valence-electron chi connectivity index (χ2n) is 24.5. The molecule has 2 amide bonds. The Kier molecular flexibility index (Phi) is 29.0. The fraction of sp³-hybridized carbons (Fsp3) is 0.475. The van der Waals surface area contributed by atoms with Crippen molar-refractivity contribution >= 4 is 132 Å². The Morgan fingerprint density at radius 2 is 1.17 bits per heavy atom. The largest absolute Gasteiger partial charge is 0.475 e. The fourth-order valence-corrected chi connectivity index (χ4v) is 17.5. The molecule has 4 bridgehead atoms. The van der Waals surface area contributed by atoms with Crippen LogP contribution in [0.3, 0.4) is 0 Å². The van der Waals surface area contributed by atoms with E-state index >= 15 is 0 Å². The smallest absolute Gasteiger partial charge is 0.397 e. The van der Waals surface area contributed by atoms with Crippen molar-refractivity contribution in [3.05, 3.63) is 106 Å². The first kappa shape index (κ1) is 87.1. The standard InChI is InChI=1S/C35H38N10O12P2S.C21H25N9O10P2S.C2H6O.CH5N.3H3N/c1-19(2)31(46)42-35-41-30-27(33(48)43-35)39-18-45(30)34-24-13-21(54-34)15-52-58(49,51-12-6-10-36)56-23-14-26(55-25(23)16-53-59(50,60)57-24)44-11-9-22-28(37-17-38-29(22)44)40-32(47)20-7-4-3-5-8-20;22-16-10-1-2-29(17(10)25-7-24-16)14-4-11-13(38-14)6-36-42(34,43)40-12-3-9(5-35-41(32,33)39-11)37-20(12)30-8-26-15-18(30)27-21(23)28-19(15)31;1-2-3;1-2;;;/h3-5,7-9,11,17-19,21,23-26,34H,6,12-16H2,1-2H3,(H,50,60)(H,37,38,40,47)(H2,41,42,43,46,48);1-2,7-9,11-14,20H,3-6H2,(H,32,33)(H,34,43)(H2,22,24,25)(H3,23,27,28,31);3H,2H2,1H3;2H2,1H3;3*1H3/t21-,23-,24+,25+,26+,34+,58?,59?;9-,11-,12+,13+,14+,20+,42?;;;;;/m00...../s1. The van der Waals surface area contributed by atoms with Crippen LogP contribution in [0.2, 0.25) is 0 Å². The summed E-state index contributed by atoms with van der Waals surface area (Å²) >= 11 is 10.8. The number of ether oxygens (including phenoxy) is 4. The number of phosphoric ester groups is 2. The molecule has 52 heteroatoms. The number of hydrogen-bond acceptors (Lipinski definition) is 37. The first-order valence-electron chi connectivity index (χ1n) is 33.1. The van der Waals surface area contributed by atoms with Crippen molar-refractivity contribution in [1.82, 2.24) is 86.6 Å². The van der Waals surface area contributed by atoms with Gasteiger partial charge in [0.25, 0.3) is 17.0 Å². The van der Waals surface area contributed by atoms with Crippen LogP contribution in [0, 0.1) is 17.2 Å². The Labute approximate surface area is 639 Å². The quantitative estimate of drug-likeness (QED) is 0.0623. The Bertz CT molecular complexity index is 5130. The molecule has 14 heterocycles. The summed E-state index contributed by atoms with van der Waals surface area (Å²) in [7, 11) is -7.65. The number of H-pyrrole nitrogens is 2. The highest BCUT2D eigenvalue weighted by Gasteiger charge is 2.50. The molecule has 0 radical (unpaired) electrons. The highest BCUT2D eigenvalue weighted by Crippen LogP contribution is 2.58. The number of aromatic amines is 2. The van der Waals surface area contributed by atoms with Crippen molar-refractivity contribution in [2.45, 2.75) is 127 Å². The Hall–Kier alpha value is -7.89. The normalized spacial score (nSPS) is 29.3. The highest BCUT2D eigenvalue weighted by atomic mass is 32.5. The van der Waals surface area contributed by atoms with Gasteiger partial charge in [0.15, 0.2) is 34.8 Å². The lowest BCUT2D eigenvalue weighted by Gasteiger charge is -2.27. The summed E-state index contributed by atoms with van der Waals surface area (Å²) < 4.78 is 110. The number of rotatable bonds is 11. The summed E-state index contributed by atoms with van der Waals surface area (Å²) in [4.78, 5) is 122. The lowest BCUT2D eigenvalue weighted by atomic mass is 10.2. The monoisotopic (exact) mass is 1670 g/mol. The molecule has 0 aliphatic carbocycles. The minimum atomic E-state index is -4.66. The van der Waals surface area contributed by atoms with Crippen LogP contribution in [0.1, 0.15) is 88.1 Å². The van der Waals surface area contributed by atoms with E-state index in [2.05, 4.69) is 66.2 Å². The van der Waals surface area contributed by atoms with E-state index in [-0.39, 0.29) is 135 Å². The summed E-state index contributed by atoms with van der Waals surface area (Å²) in [6.45, 7) is -4.64. The number of imidazole rings is 2. The van der Waals surface area contributed by atoms with Gasteiger partial charge >= 0.3 is 29.1 Å². The molecule has 4 unspecified atom stereocenters. The first-order chi connectivity index (χ1) is 51.7. The predicted octanol–water partition coefficient (Wildman–Crippen LogP) is 4.56. The second-order valence-corrected chi connectivity index (χ2v) is 33.2. The number of benzene rings is 1. The number of aliphatic hydroxyl groups excluding tert-OH is 1. The number of nitrogens with two attached hydrogens (primary N) is 3. The third-order valence-electron chi connectivity index (χ3n) is 17.0. The summed E-state index contributed by atoms with van der Waals surface area (Å²) in [6.07, 6.45) is -2.90. The lowest BCUT2D eigenvalue weighted by Crippen LogP contribution is -2.29. The molecule has 46 nitrogen and oxygen atoms in total. The molecule has 6 aliphatic heterocycles. The van der Waals surface area contributed by atoms with E-state index in [1.54, 1.807) is 84.8 Å². The van der Waals surface area contributed by atoms with Crippen LogP contribution in [-0.4, -0.2) is 195 Å². The van der Waals surface area contributed by atoms with Crippen LogP contribution in [0.5, 0.6) is 0 Å². The zero-order chi connectivity index (χ0) is 77.0. The minimum absolute atomic E-state index is 0. The molecular formula is C59H83N23O23P4S2. The van der Waals surface area contributed by atoms with Crippen LogP contribution >= 0.6 is 29.1 Å². The van der Waals surface area contributed by atoms with Crippen molar-refractivity contribution in [2.24, 2.45) is 11.7 Å². The molecule has 1 aromatic carbocycles. The molecule has 15 rings (SSSR count). The Balaban J connectivity index is 0.000000245. The Morgan fingerprint density at radius 1 is 0.649 bits per heavy atom. The van der Waals surface area contributed by atoms with Crippen molar-refractivity contribution in [3.8, 4) is 6.07 Å². The van der Waals surface area contributed by atoms with E-state index < -0.39 is 132 Å². The molecule has 6 aliphatic rings. The number of phosphoric acid groups is 2. The van der Waals surface area contributed by atoms with Gasteiger partial charge in [0.1, 0.15) is 84.7 Å². The zero-order valence-electron chi connectivity index (χ0n) is 59.6. The minimum Gasteiger partial charge on any atom is -0.397 e. The number of aromatic nitrogens is 14. The van der Waals surface area contributed by atoms with Gasteiger partial charge in [-0.2, -0.15) is 15.2 Å². The number of carbonyl (C=O) groups is 2. The second kappa shape index (κ2) is 36.9. The average Bonchev–Trinajstić information content (AvgIpc) is 1.65. The third-order valence-corrected chi connectivity index (χ3v) is 22.6. The summed E-state index contributed by atoms with van der Waals surface area (Å²) in [6, 6.07) is 14.0. The van der Waals surface area contributed by atoms with Crippen LogP contribution in [0.4, 0.5) is 23.5 Å². The number of carbonyl (C=O) groups excluding carboxylic acids is 2. The highest BCUT2D eigenvalue weighted by molar-refractivity contribution is 8.07. The van der Waals surface area contributed by atoms with Crippen molar-refractivity contribution < 1.29 is 98.2 Å². The van der Waals surface area contributed by atoms with E-state index in [9.17, 15) is 48.3 Å². The SMILES string of the molecule is CC(C)C(=O)Nc1nc2c(ncn2[C@@H]2O[C@@H]3COP(=O)(OCCC#N)O[C@H]4C[C@H](n5ccc6c(NC(=O)c7ccccc7)ncnc65)O[C@@H]4COP(O)(=S)O[C@@H]2C3)c(=O)[nH]1.CCO.CN.N.N.N.Nc1nc2c(ncn2[C@@H]2O[C@@H]3COP(=O)(O)O[C@H]4C[C@H](n5ccc6c(N)ncnc65)O[C@@H]4COP(O)(=S)O[C@@H]2C3)c(=O)[nH]1. The predicted molar refractivity (Wildman–Crippen MR) is 400 cm³/mol. The van der Waals surface area contributed by atoms with Gasteiger partial charge in [-0.1, -0.05) is 32.0 Å². The van der Waals surface area contributed by atoms with E-state index in [1.165, 1.54) is 41.5 Å². The van der Waals surface area contributed by atoms with Crippen LogP contribution < -0.4 is 57.4 Å². The number of amides is 2. The van der Waals surface area contributed by atoms with Gasteiger partial charge in [-0.05, 0) is 61.9 Å². The molecule has 16 atom stereocenters. The topological polar surface area (TPSA) is 689 Å². The number of nitrogens with zero attached hydrogens (tertiary/aromatic N) is 13. The number of fused-ring (bicyclic) bond motifs is 10. The summed E-state index contributed by atoms with van der Waals surface area (Å²) in [5.74, 6) is -0.922. The summed E-state index contributed by atoms with van der Waals surface area (Å²) in [5, 5.41) is 23.2. The molecule has 6 saturated heterocycles. The fourth-order valence-electron chi connectivity index (χ4n) is 12.2. The number of aliphatic hydroxyl groups is 1. The van der Waals surface area contributed by atoms with Crippen molar-refractivity contribution in [3.63, 3.8) is 0 Å². The van der Waals surface area contributed by atoms with Gasteiger partial charge < -0.3 is 107 Å². The van der Waals surface area contributed by atoms with Gasteiger partial charge in [-0.25, -0.2) is 39.0 Å². The molecule has 6 fully saturated rings. The molecule has 0 saturated carbocycles. The number of anilines is 4. The maximum Gasteiger partial charge on any atom is 0.475 e. The summed E-state index contributed by atoms with van der Waals surface area (Å²) in [5.41, 5.74) is 16.3. The molecular weight excluding hydrogens is 1590 g/mol. The van der Waals surface area contributed by atoms with Crippen molar-refractivity contribution in [1.29, 1.82) is 5.26 Å². The molecule has 111 heavy (non-hydrogen) atoms. The van der Waals surface area contributed by atoms with E-state index in [4.69, 9.17) is 99.8 Å². The maximum atomic E-state index is 14.4. The lowest BCUT2D eigenvalue weighted by molar-refractivity contribution is -0.119. The van der Waals surface area contributed by atoms with Gasteiger partial charge in [0.2, 0.25) is 17.8 Å². The van der Waals surface area contributed by atoms with Gasteiger partial charge in [0.05, 0.1) is 81.2 Å².